The normalized spacial score (nSPS) is 11.9. The van der Waals surface area contributed by atoms with E-state index in [1.807, 2.05) is 30.3 Å². The molecule has 0 bridgehead atoms. The fourth-order valence-corrected chi connectivity index (χ4v) is 1.57. The van der Waals surface area contributed by atoms with E-state index in [4.69, 9.17) is 5.73 Å². The molecule has 90 valence electrons. The number of aromatic nitrogens is 2. The number of rotatable bonds is 3. The molecule has 2 aromatic heterocycles. The summed E-state index contributed by atoms with van der Waals surface area (Å²) in [7, 11) is 0. The zero-order chi connectivity index (χ0) is 12.8. The maximum Gasteiger partial charge on any atom is 0.171 e. The van der Waals surface area contributed by atoms with Crippen molar-refractivity contribution in [2.24, 2.45) is 15.9 Å². The second-order valence-electron chi connectivity index (χ2n) is 3.33. The molecule has 0 spiro atoms. The standard InChI is InChI=1S/C12H10BrN5/c13-11-6-3-4-9(17-11)8-16-18-12(14)10-5-1-2-7-15-10/h1-8H,(H2,14,18)/b16-8+. The quantitative estimate of drug-likeness (QED) is 0.408. The Hall–Kier alpha value is -2.08. The van der Waals surface area contributed by atoms with Crippen molar-refractivity contribution in [3.63, 3.8) is 0 Å². The van der Waals surface area contributed by atoms with E-state index in [9.17, 15) is 0 Å². The predicted octanol–water partition coefficient (Wildman–Crippen LogP) is 1.98. The summed E-state index contributed by atoms with van der Waals surface area (Å²) in [5.41, 5.74) is 7.02. The number of hydrogen-bond acceptors (Lipinski definition) is 4. The molecule has 0 aliphatic heterocycles. The zero-order valence-corrected chi connectivity index (χ0v) is 10.9. The Bertz CT molecular complexity index is 580. The van der Waals surface area contributed by atoms with Gasteiger partial charge in [0, 0.05) is 6.20 Å². The Balaban J connectivity index is 2.11. The van der Waals surface area contributed by atoms with Crippen LogP contribution in [0.25, 0.3) is 0 Å². The van der Waals surface area contributed by atoms with Crippen molar-refractivity contribution < 1.29 is 0 Å². The van der Waals surface area contributed by atoms with Crippen molar-refractivity contribution >= 4 is 28.0 Å². The third kappa shape index (κ3) is 3.46. The van der Waals surface area contributed by atoms with E-state index in [-0.39, 0.29) is 5.84 Å². The summed E-state index contributed by atoms with van der Waals surface area (Å²) in [6.45, 7) is 0. The highest BCUT2D eigenvalue weighted by Crippen LogP contribution is 2.04. The summed E-state index contributed by atoms with van der Waals surface area (Å²) < 4.78 is 0.744. The van der Waals surface area contributed by atoms with Crippen LogP contribution in [-0.4, -0.2) is 22.0 Å². The van der Waals surface area contributed by atoms with E-state index < -0.39 is 0 Å². The van der Waals surface area contributed by atoms with Gasteiger partial charge in [0.25, 0.3) is 0 Å². The van der Waals surface area contributed by atoms with Gasteiger partial charge in [-0.3, -0.25) is 4.98 Å². The van der Waals surface area contributed by atoms with Gasteiger partial charge in [-0.1, -0.05) is 12.1 Å². The van der Waals surface area contributed by atoms with Crippen molar-refractivity contribution in [3.8, 4) is 0 Å². The van der Waals surface area contributed by atoms with E-state index in [0.717, 1.165) is 4.60 Å². The van der Waals surface area contributed by atoms with Crippen LogP contribution in [0.5, 0.6) is 0 Å². The number of hydrogen-bond donors (Lipinski definition) is 1. The molecule has 0 saturated carbocycles. The Morgan fingerprint density at radius 1 is 1.22 bits per heavy atom. The highest BCUT2D eigenvalue weighted by molar-refractivity contribution is 9.10. The van der Waals surface area contributed by atoms with Gasteiger partial charge < -0.3 is 5.73 Å². The molecule has 0 unspecified atom stereocenters. The van der Waals surface area contributed by atoms with Crippen LogP contribution in [-0.2, 0) is 0 Å². The molecule has 0 amide bonds. The van der Waals surface area contributed by atoms with Crippen LogP contribution in [0.15, 0.2) is 57.4 Å². The maximum absolute atomic E-state index is 5.73. The van der Waals surface area contributed by atoms with Crippen LogP contribution in [0.3, 0.4) is 0 Å². The van der Waals surface area contributed by atoms with Crippen molar-refractivity contribution in [3.05, 3.63) is 58.6 Å². The third-order valence-electron chi connectivity index (χ3n) is 2.02. The van der Waals surface area contributed by atoms with Gasteiger partial charge >= 0.3 is 0 Å². The number of nitrogens with two attached hydrogens (primary N) is 1. The second kappa shape index (κ2) is 6.02. The molecule has 0 aliphatic rings. The molecule has 0 saturated heterocycles. The fourth-order valence-electron chi connectivity index (χ4n) is 1.21. The Kier molecular flexibility index (Phi) is 4.14. The Morgan fingerprint density at radius 3 is 2.83 bits per heavy atom. The first-order valence-corrected chi connectivity index (χ1v) is 5.95. The monoisotopic (exact) mass is 303 g/mol. The van der Waals surface area contributed by atoms with E-state index in [1.54, 1.807) is 12.3 Å². The van der Waals surface area contributed by atoms with Crippen molar-refractivity contribution in [1.29, 1.82) is 0 Å². The molecule has 18 heavy (non-hydrogen) atoms. The minimum atomic E-state index is 0.266. The van der Waals surface area contributed by atoms with E-state index in [0.29, 0.717) is 11.4 Å². The van der Waals surface area contributed by atoms with Gasteiger partial charge in [-0.15, -0.1) is 5.10 Å². The second-order valence-corrected chi connectivity index (χ2v) is 4.14. The number of amidine groups is 1. The molecule has 2 N–H and O–H groups in total. The van der Waals surface area contributed by atoms with E-state index in [1.165, 1.54) is 6.21 Å². The summed E-state index contributed by atoms with van der Waals surface area (Å²) in [5, 5.41) is 7.74. The molecule has 0 radical (unpaired) electrons. The Morgan fingerprint density at radius 2 is 2.11 bits per heavy atom. The molecule has 0 aliphatic carbocycles. The van der Waals surface area contributed by atoms with Gasteiger partial charge in [0.05, 0.1) is 11.9 Å². The summed E-state index contributed by atoms with van der Waals surface area (Å²) in [6.07, 6.45) is 3.18. The maximum atomic E-state index is 5.73. The highest BCUT2D eigenvalue weighted by atomic mass is 79.9. The van der Waals surface area contributed by atoms with Crippen LogP contribution in [0.2, 0.25) is 0 Å². The molecule has 6 heteroatoms. The van der Waals surface area contributed by atoms with Crippen LogP contribution in [0.1, 0.15) is 11.4 Å². The molecule has 5 nitrogen and oxygen atoms in total. The fraction of sp³-hybridized carbons (Fsp3) is 0. The molecule has 0 aromatic carbocycles. The molecular weight excluding hydrogens is 294 g/mol. The molecule has 2 heterocycles. The van der Waals surface area contributed by atoms with E-state index in [2.05, 4.69) is 36.1 Å². The van der Waals surface area contributed by atoms with Crippen molar-refractivity contribution in [2.75, 3.05) is 0 Å². The van der Waals surface area contributed by atoms with E-state index >= 15 is 0 Å². The lowest BCUT2D eigenvalue weighted by molar-refractivity contribution is 1.18. The smallest absolute Gasteiger partial charge is 0.171 e. The first-order valence-electron chi connectivity index (χ1n) is 5.16. The zero-order valence-electron chi connectivity index (χ0n) is 9.36. The first kappa shape index (κ1) is 12.4. The summed E-state index contributed by atoms with van der Waals surface area (Å²) >= 11 is 3.28. The summed E-state index contributed by atoms with van der Waals surface area (Å²) in [4.78, 5) is 8.25. The van der Waals surface area contributed by atoms with Crippen LogP contribution in [0.4, 0.5) is 0 Å². The lowest BCUT2D eigenvalue weighted by atomic mass is 10.3. The van der Waals surface area contributed by atoms with Gasteiger partial charge in [-0.2, -0.15) is 5.10 Å². The van der Waals surface area contributed by atoms with Crippen molar-refractivity contribution in [1.82, 2.24) is 9.97 Å². The molecule has 0 atom stereocenters. The van der Waals surface area contributed by atoms with Crippen LogP contribution >= 0.6 is 15.9 Å². The predicted molar refractivity (Wildman–Crippen MR) is 74.5 cm³/mol. The topological polar surface area (TPSA) is 76.5 Å². The molecule has 0 fully saturated rings. The average Bonchev–Trinajstić information content (AvgIpc) is 2.40. The summed E-state index contributed by atoms with van der Waals surface area (Å²) in [5.74, 6) is 0.266. The van der Waals surface area contributed by atoms with Gasteiger partial charge in [-0.05, 0) is 40.2 Å². The van der Waals surface area contributed by atoms with Crippen molar-refractivity contribution in [2.45, 2.75) is 0 Å². The minimum Gasteiger partial charge on any atom is -0.380 e. The Labute approximate surface area is 113 Å². The number of pyridine rings is 2. The first-order chi connectivity index (χ1) is 8.75. The van der Waals surface area contributed by atoms with Crippen LogP contribution in [0, 0.1) is 0 Å². The van der Waals surface area contributed by atoms with Crippen LogP contribution < -0.4 is 5.73 Å². The lowest BCUT2D eigenvalue weighted by Crippen LogP contribution is -2.14. The number of halogens is 1. The average molecular weight is 304 g/mol. The van der Waals surface area contributed by atoms with Gasteiger partial charge in [0.1, 0.15) is 10.3 Å². The lowest BCUT2D eigenvalue weighted by Gasteiger charge is -1.95. The molecule has 2 aromatic rings. The highest BCUT2D eigenvalue weighted by Gasteiger charge is 1.96. The molecule has 2 rings (SSSR count). The minimum absolute atomic E-state index is 0.266. The number of nitrogens with zero attached hydrogens (tertiary/aromatic N) is 4. The summed E-state index contributed by atoms with van der Waals surface area (Å²) in [6, 6.07) is 10.9. The SMILES string of the molecule is N/C(=N/N=C/c1cccc(Br)n1)c1ccccn1. The largest absolute Gasteiger partial charge is 0.380 e. The van der Waals surface area contributed by atoms with Gasteiger partial charge in [0.15, 0.2) is 5.84 Å². The van der Waals surface area contributed by atoms with Gasteiger partial charge in [0.2, 0.25) is 0 Å². The molecular formula is C12H10BrN5. The third-order valence-corrected chi connectivity index (χ3v) is 2.46. The van der Waals surface area contributed by atoms with Gasteiger partial charge in [-0.25, -0.2) is 4.98 Å².